The quantitative estimate of drug-likeness (QED) is 0.681. The Kier molecular flexibility index (Phi) is 4.65. The number of hydrogen-bond donors (Lipinski definition) is 1. The molecule has 3 aromatic rings. The number of nitrogens with zero attached hydrogens (tertiary/aromatic N) is 1. The van der Waals surface area contributed by atoms with Crippen molar-refractivity contribution in [1.82, 2.24) is 4.98 Å². The van der Waals surface area contributed by atoms with Crippen LogP contribution in [0.15, 0.2) is 35.8 Å². The van der Waals surface area contributed by atoms with Crippen LogP contribution >= 0.6 is 22.7 Å². The Morgan fingerprint density at radius 3 is 3.12 bits per heavy atom. The number of nitrogens with one attached hydrogen (secondary N) is 1. The topological polar surface area (TPSA) is 60.5 Å². The first-order valence-electron chi connectivity index (χ1n) is 8.41. The molecule has 0 saturated carbocycles. The van der Waals surface area contributed by atoms with E-state index >= 15 is 0 Å². The fourth-order valence-electron chi connectivity index (χ4n) is 2.89. The van der Waals surface area contributed by atoms with Crippen molar-refractivity contribution in [2.45, 2.75) is 26.4 Å². The average Bonchev–Trinajstić information content (AvgIpc) is 3.34. The summed E-state index contributed by atoms with van der Waals surface area (Å²) in [6.07, 6.45) is 2.60. The molecule has 1 amide bonds. The fourth-order valence-corrected chi connectivity index (χ4v) is 4.50. The maximum atomic E-state index is 12.7. The monoisotopic (exact) mass is 386 g/mol. The molecule has 1 atom stereocenters. The molecule has 0 aliphatic carbocycles. The van der Waals surface area contributed by atoms with Crippen LogP contribution in [0.5, 0.6) is 11.5 Å². The second-order valence-corrected chi connectivity index (χ2v) is 7.96. The minimum absolute atomic E-state index is 0.139. The van der Waals surface area contributed by atoms with Gasteiger partial charge in [-0.15, -0.1) is 22.7 Å². The number of anilines is 1. The number of hydrogen-bond acceptors (Lipinski definition) is 6. The Balaban J connectivity index is 1.58. The molecule has 0 saturated heterocycles. The largest absolute Gasteiger partial charge is 0.492 e. The third kappa shape index (κ3) is 3.32. The molecule has 26 heavy (non-hydrogen) atoms. The first-order valence-corrected chi connectivity index (χ1v) is 10.1. The van der Waals surface area contributed by atoms with E-state index in [1.54, 1.807) is 17.5 Å². The van der Waals surface area contributed by atoms with E-state index in [-0.39, 0.29) is 12.0 Å². The molecule has 3 heterocycles. The van der Waals surface area contributed by atoms with Gasteiger partial charge in [-0.25, -0.2) is 4.98 Å². The molecule has 7 heteroatoms. The molecule has 1 N–H and O–H groups in total. The van der Waals surface area contributed by atoms with Gasteiger partial charge in [0.25, 0.3) is 5.91 Å². The third-order valence-electron chi connectivity index (χ3n) is 4.01. The predicted molar refractivity (Wildman–Crippen MR) is 105 cm³/mol. The normalized spacial score (nSPS) is 15.4. The third-order valence-corrected chi connectivity index (χ3v) is 6.04. The first-order chi connectivity index (χ1) is 12.6. The molecule has 0 fully saturated rings. The van der Waals surface area contributed by atoms with Crippen LogP contribution in [0.4, 0.5) is 5.69 Å². The number of ether oxygens (including phenoxy) is 2. The number of carbonyl (C=O) groups is 1. The number of amides is 1. The standard InChI is InChI=1S/C19H18N2O3S2/c1-3-23-15-8-12-7-11(2)24-14(12)9-13(15)21-18(22)17-10-20-19(26-17)16-5-4-6-25-16/h4-6,8-11H,3,7H2,1-2H3,(H,21,22). The van der Waals surface area contributed by atoms with Crippen molar-refractivity contribution in [2.75, 3.05) is 11.9 Å². The van der Waals surface area contributed by atoms with E-state index in [1.807, 2.05) is 43.5 Å². The second kappa shape index (κ2) is 7.09. The van der Waals surface area contributed by atoms with Crippen LogP contribution in [0.2, 0.25) is 0 Å². The summed E-state index contributed by atoms with van der Waals surface area (Å²) in [4.78, 5) is 18.7. The van der Waals surface area contributed by atoms with Crippen LogP contribution in [-0.4, -0.2) is 23.6 Å². The van der Waals surface area contributed by atoms with Crippen LogP contribution in [0, 0.1) is 0 Å². The SMILES string of the molecule is CCOc1cc2c(cc1NC(=O)c1cnc(-c3cccs3)s1)OC(C)C2. The lowest BCUT2D eigenvalue weighted by atomic mass is 10.1. The number of benzene rings is 1. The Morgan fingerprint density at radius 1 is 1.46 bits per heavy atom. The lowest BCUT2D eigenvalue weighted by Crippen LogP contribution is -2.11. The molecule has 1 unspecified atom stereocenters. The van der Waals surface area contributed by atoms with Crippen LogP contribution < -0.4 is 14.8 Å². The summed E-state index contributed by atoms with van der Waals surface area (Å²) in [7, 11) is 0. The number of fused-ring (bicyclic) bond motifs is 1. The molecule has 134 valence electrons. The second-order valence-electron chi connectivity index (χ2n) is 5.98. The fraction of sp³-hybridized carbons (Fsp3) is 0.263. The molecular formula is C19H18N2O3S2. The van der Waals surface area contributed by atoms with Gasteiger partial charge in [-0.2, -0.15) is 0 Å². The maximum absolute atomic E-state index is 12.7. The van der Waals surface area contributed by atoms with Crippen LogP contribution in [0.1, 0.15) is 29.1 Å². The van der Waals surface area contributed by atoms with E-state index in [0.29, 0.717) is 22.9 Å². The highest BCUT2D eigenvalue weighted by molar-refractivity contribution is 7.22. The number of thiazole rings is 1. The first kappa shape index (κ1) is 17.1. The van der Waals surface area contributed by atoms with Crippen molar-refractivity contribution >= 4 is 34.3 Å². The molecule has 1 aromatic carbocycles. The predicted octanol–water partition coefficient (Wildman–Crippen LogP) is 4.85. The molecule has 2 aromatic heterocycles. The minimum Gasteiger partial charge on any atom is -0.492 e. The highest BCUT2D eigenvalue weighted by atomic mass is 32.1. The zero-order chi connectivity index (χ0) is 18.1. The van der Waals surface area contributed by atoms with E-state index in [1.165, 1.54) is 11.3 Å². The molecule has 1 aliphatic heterocycles. The Morgan fingerprint density at radius 2 is 2.35 bits per heavy atom. The summed E-state index contributed by atoms with van der Waals surface area (Å²) >= 11 is 2.99. The average molecular weight is 386 g/mol. The van der Waals surface area contributed by atoms with Crippen molar-refractivity contribution in [3.8, 4) is 21.4 Å². The van der Waals surface area contributed by atoms with Gasteiger partial charge in [0.2, 0.25) is 0 Å². The van der Waals surface area contributed by atoms with Gasteiger partial charge in [0.05, 0.1) is 23.4 Å². The van der Waals surface area contributed by atoms with E-state index in [9.17, 15) is 4.79 Å². The lowest BCUT2D eigenvalue weighted by Gasteiger charge is -2.13. The van der Waals surface area contributed by atoms with Gasteiger partial charge in [-0.3, -0.25) is 4.79 Å². The molecule has 4 rings (SSSR count). The highest BCUT2D eigenvalue weighted by Gasteiger charge is 2.23. The number of aromatic nitrogens is 1. The van der Waals surface area contributed by atoms with Gasteiger partial charge in [0.1, 0.15) is 27.5 Å². The van der Waals surface area contributed by atoms with E-state index in [0.717, 1.165) is 27.6 Å². The van der Waals surface area contributed by atoms with Gasteiger partial charge in [-0.1, -0.05) is 6.07 Å². The van der Waals surface area contributed by atoms with Crippen molar-refractivity contribution in [1.29, 1.82) is 0 Å². The minimum atomic E-state index is -0.197. The molecule has 0 spiro atoms. The van der Waals surface area contributed by atoms with Crippen LogP contribution in [-0.2, 0) is 6.42 Å². The summed E-state index contributed by atoms with van der Waals surface area (Å²) < 4.78 is 11.5. The van der Waals surface area contributed by atoms with Crippen molar-refractivity contribution < 1.29 is 14.3 Å². The van der Waals surface area contributed by atoms with E-state index in [4.69, 9.17) is 9.47 Å². The zero-order valence-corrected chi connectivity index (χ0v) is 16.1. The maximum Gasteiger partial charge on any atom is 0.267 e. The number of thiophene rings is 1. The highest BCUT2D eigenvalue weighted by Crippen LogP contribution is 2.38. The molecule has 0 bridgehead atoms. The van der Waals surface area contributed by atoms with Gasteiger partial charge in [0, 0.05) is 18.1 Å². The summed E-state index contributed by atoms with van der Waals surface area (Å²) in [5.41, 5.74) is 1.73. The molecular weight excluding hydrogens is 368 g/mol. The molecule has 0 radical (unpaired) electrons. The van der Waals surface area contributed by atoms with Gasteiger partial charge >= 0.3 is 0 Å². The van der Waals surface area contributed by atoms with Gasteiger partial charge < -0.3 is 14.8 Å². The summed E-state index contributed by atoms with van der Waals surface area (Å²) in [6, 6.07) is 7.78. The number of carbonyl (C=O) groups excluding carboxylic acids is 1. The Hall–Kier alpha value is -2.38. The Labute approximate surface area is 159 Å². The molecule has 1 aliphatic rings. The van der Waals surface area contributed by atoms with E-state index < -0.39 is 0 Å². The van der Waals surface area contributed by atoms with Gasteiger partial charge in [-0.05, 0) is 31.4 Å². The van der Waals surface area contributed by atoms with E-state index in [2.05, 4.69) is 10.3 Å². The summed E-state index contributed by atoms with van der Waals surface area (Å²) in [6.45, 7) is 4.48. The molecule has 5 nitrogen and oxygen atoms in total. The van der Waals surface area contributed by atoms with Crippen LogP contribution in [0.3, 0.4) is 0 Å². The van der Waals surface area contributed by atoms with Crippen molar-refractivity contribution in [3.63, 3.8) is 0 Å². The summed E-state index contributed by atoms with van der Waals surface area (Å²) in [5, 5.41) is 5.79. The number of rotatable bonds is 5. The zero-order valence-electron chi connectivity index (χ0n) is 14.4. The van der Waals surface area contributed by atoms with Crippen molar-refractivity contribution in [2.24, 2.45) is 0 Å². The smallest absolute Gasteiger partial charge is 0.267 e. The van der Waals surface area contributed by atoms with Crippen LogP contribution in [0.25, 0.3) is 9.88 Å². The Bertz CT molecular complexity index is 934. The van der Waals surface area contributed by atoms with Crippen molar-refractivity contribution in [3.05, 3.63) is 46.3 Å². The summed E-state index contributed by atoms with van der Waals surface area (Å²) in [5.74, 6) is 1.28. The lowest BCUT2D eigenvalue weighted by molar-refractivity contribution is 0.103. The van der Waals surface area contributed by atoms with Gasteiger partial charge in [0.15, 0.2) is 0 Å².